The van der Waals surface area contributed by atoms with Gasteiger partial charge in [-0.15, -0.1) is 0 Å². The molecule has 0 heterocycles. The normalized spacial score (nSPS) is 10.7. The summed E-state index contributed by atoms with van der Waals surface area (Å²) in [7, 11) is 0. The number of hydrogen-bond donors (Lipinski definition) is 0. The maximum atomic E-state index is 6.39. The van der Waals surface area contributed by atoms with E-state index in [-0.39, 0.29) is 0 Å². The Hall–Kier alpha value is -0.980. The van der Waals surface area contributed by atoms with Gasteiger partial charge >= 0.3 is 0 Å². The van der Waals surface area contributed by atoms with Gasteiger partial charge in [-0.1, -0.05) is 47.5 Å². The lowest BCUT2D eigenvalue weighted by Gasteiger charge is -2.12. The van der Waals surface area contributed by atoms with Gasteiger partial charge in [0.15, 0.2) is 0 Å². The lowest BCUT2D eigenvalue weighted by atomic mass is 9.98. The van der Waals surface area contributed by atoms with E-state index in [4.69, 9.17) is 23.2 Å². The molecule has 0 nitrogen and oxygen atoms in total. The average molecular weight is 279 g/mol. The van der Waals surface area contributed by atoms with Crippen molar-refractivity contribution < 1.29 is 0 Å². The van der Waals surface area contributed by atoms with Crippen LogP contribution in [0.15, 0.2) is 30.3 Å². The highest BCUT2D eigenvalue weighted by Gasteiger charge is 2.10. The number of aryl methyl sites for hydroxylation is 3. The minimum atomic E-state index is 0.783. The van der Waals surface area contributed by atoms with Gasteiger partial charge in [-0.25, -0.2) is 0 Å². The summed E-state index contributed by atoms with van der Waals surface area (Å²) < 4.78 is 0. The molecular formula is C16H16Cl2. The maximum Gasteiger partial charge on any atom is 0.0473 e. The van der Waals surface area contributed by atoms with Crippen LogP contribution in [0.5, 0.6) is 0 Å². The van der Waals surface area contributed by atoms with Crippen LogP contribution >= 0.6 is 23.2 Å². The second-order valence-corrected chi connectivity index (χ2v) is 5.55. The third-order valence-corrected chi connectivity index (χ3v) is 4.12. The monoisotopic (exact) mass is 278 g/mol. The van der Waals surface area contributed by atoms with Crippen LogP contribution in [-0.4, -0.2) is 0 Å². The lowest BCUT2D eigenvalue weighted by Crippen LogP contribution is -1.96. The summed E-state index contributed by atoms with van der Waals surface area (Å²) in [6.07, 6.45) is 0.783. The van der Waals surface area contributed by atoms with Gasteiger partial charge in [0.2, 0.25) is 0 Å². The van der Waals surface area contributed by atoms with Crippen LogP contribution in [0.4, 0.5) is 0 Å². The van der Waals surface area contributed by atoms with E-state index in [9.17, 15) is 0 Å². The van der Waals surface area contributed by atoms with Gasteiger partial charge in [0, 0.05) is 16.5 Å². The third kappa shape index (κ3) is 2.71. The quantitative estimate of drug-likeness (QED) is 0.680. The molecule has 0 aromatic heterocycles. The van der Waals surface area contributed by atoms with E-state index in [0.29, 0.717) is 0 Å². The molecular weight excluding hydrogens is 263 g/mol. The summed E-state index contributed by atoms with van der Waals surface area (Å²) in [4.78, 5) is 0. The summed E-state index contributed by atoms with van der Waals surface area (Å²) in [6.45, 7) is 6.16. The molecule has 0 saturated heterocycles. The smallest absolute Gasteiger partial charge is 0.0473 e. The van der Waals surface area contributed by atoms with E-state index in [1.807, 2.05) is 19.9 Å². The van der Waals surface area contributed by atoms with Gasteiger partial charge in [0.05, 0.1) is 0 Å². The molecule has 0 unspecified atom stereocenters. The van der Waals surface area contributed by atoms with Crippen LogP contribution < -0.4 is 0 Å². The van der Waals surface area contributed by atoms with Crippen molar-refractivity contribution in [1.82, 2.24) is 0 Å². The van der Waals surface area contributed by atoms with Gasteiger partial charge in [-0.2, -0.15) is 0 Å². The van der Waals surface area contributed by atoms with E-state index in [0.717, 1.165) is 27.6 Å². The predicted octanol–water partition coefficient (Wildman–Crippen LogP) is 5.51. The molecule has 2 aromatic carbocycles. The van der Waals surface area contributed by atoms with Crippen molar-refractivity contribution in [2.75, 3.05) is 0 Å². The molecule has 0 aliphatic heterocycles. The number of benzene rings is 2. The van der Waals surface area contributed by atoms with Crippen molar-refractivity contribution in [3.8, 4) is 0 Å². The Bertz CT molecular complexity index is 586. The fraction of sp³-hybridized carbons (Fsp3) is 0.250. The zero-order chi connectivity index (χ0) is 13.3. The van der Waals surface area contributed by atoms with Crippen LogP contribution in [0.1, 0.15) is 27.8 Å². The minimum absolute atomic E-state index is 0.783. The molecule has 94 valence electrons. The van der Waals surface area contributed by atoms with E-state index in [1.165, 1.54) is 16.7 Å². The molecule has 0 amide bonds. The molecule has 0 aliphatic rings. The summed E-state index contributed by atoms with van der Waals surface area (Å²) in [5, 5.41) is 1.67. The fourth-order valence-electron chi connectivity index (χ4n) is 2.04. The maximum absolute atomic E-state index is 6.39. The third-order valence-electron chi connectivity index (χ3n) is 3.25. The first-order valence-corrected chi connectivity index (χ1v) is 6.74. The molecule has 0 N–H and O–H groups in total. The van der Waals surface area contributed by atoms with Crippen LogP contribution in [0.2, 0.25) is 10.0 Å². The minimum Gasteiger partial charge on any atom is -0.0840 e. The Morgan fingerprint density at radius 3 is 2.22 bits per heavy atom. The van der Waals surface area contributed by atoms with Crippen LogP contribution in [0.25, 0.3) is 0 Å². The average Bonchev–Trinajstić information content (AvgIpc) is 2.32. The Morgan fingerprint density at radius 2 is 1.56 bits per heavy atom. The molecule has 0 fully saturated rings. The molecule has 18 heavy (non-hydrogen) atoms. The van der Waals surface area contributed by atoms with E-state index in [2.05, 4.69) is 31.2 Å². The second-order valence-electron chi connectivity index (χ2n) is 4.76. The Balaban J connectivity index is 2.43. The van der Waals surface area contributed by atoms with E-state index in [1.54, 1.807) is 0 Å². The Labute approximate surface area is 119 Å². The van der Waals surface area contributed by atoms with E-state index >= 15 is 0 Å². The van der Waals surface area contributed by atoms with Crippen molar-refractivity contribution in [2.45, 2.75) is 27.2 Å². The first-order chi connectivity index (χ1) is 8.49. The SMILES string of the molecule is Cc1ccc(Cc2c(C)ccc(C)c2Cl)c(Cl)c1. The number of halogens is 2. The summed E-state index contributed by atoms with van der Waals surface area (Å²) in [5.41, 5.74) is 5.79. The van der Waals surface area contributed by atoms with Crippen molar-refractivity contribution in [3.05, 3.63) is 68.2 Å². The Morgan fingerprint density at radius 1 is 0.889 bits per heavy atom. The van der Waals surface area contributed by atoms with Crippen molar-refractivity contribution in [1.29, 1.82) is 0 Å². The molecule has 2 heteroatoms. The highest BCUT2D eigenvalue weighted by molar-refractivity contribution is 6.32. The topological polar surface area (TPSA) is 0 Å². The van der Waals surface area contributed by atoms with Crippen molar-refractivity contribution >= 4 is 23.2 Å². The highest BCUT2D eigenvalue weighted by Crippen LogP contribution is 2.29. The van der Waals surface area contributed by atoms with Crippen LogP contribution in [0, 0.1) is 20.8 Å². The molecule has 0 atom stereocenters. The zero-order valence-corrected chi connectivity index (χ0v) is 12.4. The first-order valence-electron chi connectivity index (χ1n) is 5.98. The molecule has 0 aliphatic carbocycles. The summed E-state index contributed by atoms with van der Waals surface area (Å²) in [6, 6.07) is 10.3. The molecule has 0 saturated carbocycles. The second kappa shape index (κ2) is 5.34. The molecule has 0 spiro atoms. The van der Waals surface area contributed by atoms with Gasteiger partial charge in [0.25, 0.3) is 0 Å². The molecule has 0 radical (unpaired) electrons. The summed E-state index contributed by atoms with van der Waals surface area (Å²) in [5.74, 6) is 0. The highest BCUT2D eigenvalue weighted by atomic mass is 35.5. The van der Waals surface area contributed by atoms with Gasteiger partial charge in [-0.3, -0.25) is 0 Å². The number of hydrogen-bond acceptors (Lipinski definition) is 0. The molecule has 0 bridgehead atoms. The van der Waals surface area contributed by atoms with Gasteiger partial charge in [-0.05, 0) is 54.7 Å². The Kier molecular flexibility index (Phi) is 3.99. The van der Waals surface area contributed by atoms with Gasteiger partial charge < -0.3 is 0 Å². The molecule has 2 rings (SSSR count). The predicted molar refractivity (Wildman–Crippen MR) is 79.9 cm³/mol. The van der Waals surface area contributed by atoms with Crippen LogP contribution in [-0.2, 0) is 6.42 Å². The molecule has 2 aromatic rings. The first kappa shape index (κ1) is 13.5. The lowest BCUT2D eigenvalue weighted by molar-refractivity contribution is 1.14. The van der Waals surface area contributed by atoms with Crippen molar-refractivity contribution in [3.63, 3.8) is 0 Å². The van der Waals surface area contributed by atoms with E-state index < -0.39 is 0 Å². The number of rotatable bonds is 2. The zero-order valence-electron chi connectivity index (χ0n) is 10.8. The summed E-state index contributed by atoms with van der Waals surface area (Å²) >= 11 is 12.7. The fourth-order valence-corrected chi connectivity index (χ4v) is 2.62. The largest absolute Gasteiger partial charge is 0.0840 e. The van der Waals surface area contributed by atoms with Gasteiger partial charge in [0.1, 0.15) is 0 Å². The van der Waals surface area contributed by atoms with Crippen molar-refractivity contribution in [2.24, 2.45) is 0 Å². The van der Waals surface area contributed by atoms with Crippen LogP contribution in [0.3, 0.4) is 0 Å². The standard InChI is InChI=1S/C16H16Cl2/c1-10-4-7-13(15(17)8-10)9-14-11(2)5-6-12(3)16(14)18/h4-8H,9H2,1-3H3.